The third-order valence-corrected chi connectivity index (χ3v) is 1.50. The lowest BCUT2D eigenvalue weighted by atomic mass is 10.2. The molecule has 0 aromatic heterocycles. The van der Waals surface area contributed by atoms with Crippen LogP contribution in [0.2, 0.25) is 0 Å². The lowest BCUT2D eigenvalue weighted by Crippen LogP contribution is -2.00. The minimum atomic E-state index is -1.87. The van der Waals surface area contributed by atoms with Gasteiger partial charge in [-0.3, -0.25) is 4.79 Å². The Morgan fingerprint density at radius 3 is 2.77 bits per heavy atom. The molecule has 0 aliphatic heterocycles. The maximum atomic E-state index is 10.8. The Hall–Kier alpha value is -1.15. The zero-order valence-electron chi connectivity index (χ0n) is 9.62. The van der Waals surface area contributed by atoms with E-state index in [4.69, 9.17) is 7.48 Å². The van der Waals surface area contributed by atoms with Gasteiger partial charge in [-0.05, 0) is 12.5 Å². The monoisotopic (exact) mass is 180 g/mol. The highest BCUT2D eigenvalue weighted by molar-refractivity contribution is 5.75. The van der Waals surface area contributed by atoms with Gasteiger partial charge in [0.1, 0.15) is 5.78 Å². The summed E-state index contributed by atoms with van der Waals surface area (Å²) < 4.78 is 19.9. The Morgan fingerprint density at radius 1 is 1.46 bits per heavy atom. The number of carbonyl (C=O) groups is 1. The first kappa shape index (κ1) is 7.27. The van der Waals surface area contributed by atoms with E-state index in [9.17, 15) is 4.79 Å². The average molecular weight is 180 g/mol. The fraction of sp³-hybridized carbons (Fsp3) is 0.364. The van der Waals surface area contributed by atoms with E-state index in [2.05, 4.69) is 0 Å². The van der Waals surface area contributed by atoms with Crippen LogP contribution in [-0.4, -0.2) is 12.3 Å². The molecule has 1 aromatic carbocycles. The van der Waals surface area contributed by atoms with Crippen LogP contribution < -0.4 is 0 Å². The summed E-state index contributed by atoms with van der Waals surface area (Å²) in [6.45, 7) is -0.341. The molecule has 0 N–H and O–H groups in total. The first-order valence-electron chi connectivity index (χ1n) is 5.17. The largest absolute Gasteiger partial charge is 0.376 e. The fourth-order valence-corrected chi connectivity index (χ4v) is 0.861. The molecule has 0 amide bonds. The number of ketones is 1. The molecule has 2 nitrogen and oxygen atoms in total. The van der Waals surface area contributed by atoms with Crippen LogP contribution in [0.15, 0.2) is 30.3 Å². The van der Waals surface area contributed by atoms with Crippen LogP contribution in [0.5, 0.6) is 0 Å². The van der Waals surface area contributed by atoms with E-state index in [1.54, 1.807) is 0 Å². The highest BCUT2D eigenvalue weighted by atomic mass is 16.5. The van der Waals surface area contributed by atoms with E-state index in [0.717, 1.165) is 5.56 Å². The molecule has 0 spiro atoms. The molecule has 0 unspecified atom stereocenters. The summed E-state index contributed by atoms with van der Waals surface area (Å²) in [5.74, 6) is -0.215. The molecule has 0 saturated carbocycles. The highest BCUT2D eigenvalue weighted by Crippen LogP contribution is 2.00. The first-order chi connectivity index (χ1) is 6.99. The molecule has 1 aromatic rings. The van der Waals surface area contributed by atoms with Gasteiger partial charge >= 0.3 is 0 Å². The molecule has 70 valence electrons. The van der Waals surface area contributed by atoms with Crippen LogP contribution in [0.25, 0.3) is 0 Å². The molecule has 13 heavy (non-hydrogen) atoms. The standard InChI is InChI=1S/C11H14O2/c1-10(12)7-8-13-9-11-5-3-2-4-6-11/h2-6H,7-9H2,1H3/i8D2. The van der Waals surface area contributed by atoms with Crippen LogP contribution in [-0.2, 0) is 16.1 Å². The number of ether oxygens (including phenoxy) is 1. The van der Waals surface area contributed by atoms with Gasteiger partial charge in [0.25, 0.3) is 0 Å². The number of hydrogen-bond donors (Lipinski definition) is 0. The Kier molecular flexibility index (Phi) is 3.07. The Morgan fingerprint density at radius 2 is 2.15 bits per heavy atom. The number of benzene rings is 1. The van der Waals surface area contributed by atoms with E-state index in [0.29, 0.717) is 0 Å². The first-order valence-corrected chi connectivity index (χ1v) is 4.17. The molecule has 1 rings (SSSR count). The van der Waals surface area contributed by atoms with Crippen molar-refractivity contribution < 1.29 is 12.3 Å². The average Bonchev–Trinajstić information content (AvgIpc) is 2.15. The summed E-state index contributed by atoms with van der Waals surface area (Å²) in [6.07, 6.45) is -0.208. The molecule has 0 radical (unpaired) electrons. The van der Waals surface area contributed by atoms with Crippen molar-refractivity contribution in [2.75, 3.05) is 6.56 Å². The van der Waals surface area contributed by atoms with Crippen molar-refractivity contribution in [1.29, 1.82) is 0 Å². The summed E-state index contributed by atoms with van der Waals surface area (Å²) in [4.78, 5) is 10.8. The van der Waals surface area contributed by atoms with Crippen molar-refractivity contribution in [1.82, 2.24) is 0 Å². The summed E-state index contributed by atoms with van der Waals surface area (Å²) >= 11 is 0. The quantitative estimate of drug-likeness (QED) is 0.694. The lowest BCUT2D eigenvalue weighted by Gasteiger charge is -2.01. The summed E-state index contributed by atoms with van der Waals surface area (Å²) in [6, 6.07) is 9.31. The predicted octanol–water partition coefficient (Wildman–Crippen LogP) is 2.18. The lowest BCUT2D eigenvalue weighted by molar-refractivity contribution is -0.118. The molecular weight excluding hydrogens is 164 g/mol. The van der Waals surface area contributed by atoms with E-state index < -0.39 is 6.56 Å². The van der Waals surface area contributed by atoms with Gasteiger partial charge in [0.2, 0.25) is 0 Å². The molecule has 0 atom stereocenters. The van der Waals surface area contributed by atoms with Gasteiger partial charge in [-0.2, -0.15) is 0 Å². The Labute approximate surface area is 81.3 Å². The second-order valence-corrected chi connectivity index (χ2v) is 2.80. The maximum absolute atomic E-state index is 10.8. The zero-order valence-corrected chi connectivity index (χ0v) is 7.62. The van der Waals surface area contributed by atoms with E-state index in [1.807, 2.05) is 30.3 Å². The van der Waals surface area contributed by atoms with E-state index in [-0.39, 0.29) is 18.8 Å². The Balaban J connectivity index is 2.46. The van der Waals surface area contributed by atoms with Gasteiger partial charge in [-0.25, -0.2) is 0 Å². The highest BCUT2D eigenvalue weighted by Gasteiger charge is 1.94. The minimum Gasteiger partial charge on any atom is -0.376 e. The maximum Gasteiger partial charge on any atom is 0.132 e. The van der Waals surface area contributed by atoms with Crippen molar-refractivity contribution >= 4 is 5.78 Å². The van der Waals surface area contributed by atoms with Crippen molar-refractivity contribution in [3.8, 4) is 0 Å². The molecule has 0 bridgehead atoms. The molecular formula is C11H14O2. The van der Waals surface area contributed by atoms with Gasteiger partial charge in [-0.1, -0.05) is 30.3 Å². The van der Waals surface area contributed by atoms with Crippen LogP contribution in [0.4, 0.5) is 0 Å². The summed E-state index contributed by atoms with van der Waals surface area (Å²) in [5, 5.41) is 0. The Bertz CT molecular complexity index is 323. The predicted molar refractivity (Wildman–Crippen MR) is 51.4 cm³/mol. The molecule has 0 aliphatic carbocycles. The van der Waals surface area contributed by atoms with Gasteiger partial charge in [0.15, 0.2) is 0 Å². The van der Waals surface area contributed by atoms with Crippen molar-refractivity contribution in [2.24, 2.45) is 0 Å². The minimum absolute atomic E-state index is 0.182. The third kappa shape index (κ3) is 4.43. The van der Waals surface area contributed by atoms with Crippen LogP contribution in [0.1, 0.15) is 21.6 Å². The third-order valence-electron chi connectivity index (χ3n) is 1.50. The second kappa shape index (κ2) is 5.49. The summed E-state index contributed by atoms with van der Waals surface area (Å²) in [7, 11) is 0. The van der Waals surface area contributed by atoms with E-state index >= 15 is 0 Å². The van der Waals surface area contributed by atoms with Gasteiger partial charge in [-0.15, -0.1) is 0 Å². The van der Waals surface area contributed by atoms with Crippen LogP contribution in [0.3, 0.4) is 0 Å². The topological polar surface area (TPSA) is 26.3 Å². The number of carbonyl (C=O) groups excluding carboxylic acids is 1. The van der Waals surface area contributed by atoms with Gasteiger partial charge < -0.3 is 4.74 Å². The van der Waals surface area contributed by atoms with E-state index in [1.165, 1.54) is 6.92 Å². The van der Waals surface area contributed by atoms with Crippen molar-refractivity contribution in [2.45, 2.75) is 20.0 Å². The summed E-state index contributed by atoms with van der Waals surface area (Å²) in [5.41, 5.74) is 0.893. The molecule has 0 saturated heterocycles. The van der Waals surface area contributed by atoms with Crippen molar-refractivity contribution in [3.63, 3.8) is 0 Å². The fourth-order valence-electron chi connectivity index (χ4n) is 0.861. The van der Waals surface area contributed by atoms with Crippen molar-refractivity contribution in [3.05, 3.63) is 35.9 Å². The number of hydrogen-bond acceptors (Lipinski definition) is 2. The normalized spacial score (nSPS) is 13.3. The second-order valence-electron chi connectivity index (χ2n) is 2.80. The molecule has 0 fully saturated rings. The smallest absolute Gasteiger partial charge is 0.132 e. The molecule has 0 aliphatic rings. The number of Topliss-reactive ketones (excluding diaryl/α,β-unsaturated/α-hetero) is 1. The number of rotatable bonds is 5. The van der Waals surface area contributed by atoms with Gasteiger partial charge in [0, 0.05) is 6.42 Å². The van der Waals surface area contributed by atoms with Gasteiger partial charge in [0.05, 0.1) is 15.9 Å². The molecule has 2 heteroatoms. The van der Waals surface area contributed by atoms with Crippen LogP contribution >= 0.6 is 0 Å². The zero-order chi connectivity index (χ0) is 11.3. The SMILES string of the molecule is [2H]C([2H])(CC(C)=O)OCc1ccccc1. The van der Waals surface area contributed by atoms with Crippen LogP contribution in [0, 0.1) is 0 Å². The molecule has 0 heterocycles.